The number of rotatable bonds is 11. The Kier molecular flexibility index (Phi) is 8.53. The van der Waals surface area contributed by atoms with Crippen molar-refractivity contribution in [2.75, 3.05) is 32.1 Å². The first-order valence-corrected chi connectivity index (χ1v) is 12.8. The third kappa shape index (κ3) is 6.95. The highest BCUT2D eigenvalue weighted by molar-refractivity contribution is 7.14. The minimum absolute atomic E-state index is 0.322. The molecule has 8 heteroatoms. The van der Waals surface area contributed by atoms with E-state index in [0.717, 1.165) is 40.7 Å². The third-order valence-electron chi connectivity index (χ3n) is 5.93. The summed E-state index contributed by atoms with van der Waals surface area (Å²) in [5.74, 6) is -0.576. The molecule has 0 bridgehead atoms. The molecule has 1 aromatic heterocycles. The lowest BCUT2D eigenvalue weighted by Crippen LogP contribution is -2.31. The number of carbonyl (C=O) groups is 2. The van der Waals surface area contributed by atoms with E-state index in [-0.39, 0.29) is 12.5 Å². The van der Waals surface area contributed by atoms with Crippen molar-refractivity contribution in [3.63, 3.8) is 0 Å². The van der Waals surface area contributed by atoms with Crippen LogP contribution in [0.2, 0.25) is 0 Å². The third-order valence-corrected chi connectivity index (χ3v) is 6.84. The van der Waals surface area contributed by atoms with Crippen molar-refractivity contribution in [3.05, 3.63) is 101 Å². The predicted octanol–water partition coefficient (Wildman–Crippen LogP) is 5.22. The quantitative estimate of drug-likeness (QED) is 0.295. The van der Waals surface area contributed by atoms with Crippen LogP contribution in [0.5, 0.6) is 5.75 Å². The summed E-state index contributed by atoms with van der Waals surface area (Å²) in [5, 5.41) is 11.9. The molecule has 0 fully saturated rings. The van der Waals surface area contributed by atoms with Gasteiger partial charge in [0.2, 0.25) is 0 Å². The monoisotopic (exact) mass is 515 g/mol. The molecule has 0 radical (unpaired) electrons. The number of methoxy groups -OCH3 is 1. The van der Waals surface area contributed by atoms with Crippen LogP contribution < -0.4 is 9.64 Å². The number of hydrogen-bond donors (Lipinski definition) is 1. The van der Waals surface area contributed by atoms with E-state index in [1.54, 1.807) is 30.6 Å². The fourth-order valence-electron chi connectivity index (χ4n) is 3.94. The Balaban J connectivity index is 1.54. The van der Waals surface area contributed by atoms with Gasteiger partial charge in [0.15, 0.2) is 5.13 Å². The molecule has 1 amide bonds. The number of aliphatic carboxylic acids is 1. The molecule has 0 unspecified atom stereocenters. The number of hydrogen-bond acceptors (Lipinski definition) is 6. The van der Waals surface area contributed by atoms with Crippen molar-refractivity contribution >= 4 is 28.3 Å². The average Bonchev–Trinajstić information content (AvgIpc) is 3.41. The number of carboxylic acid groups (broad SMARTS) is 1. The van der Waals surface area contributed by atoms with Gasteiger partial charge in [0.1, 0.15) is 12.3 Å². The summed E-state index contributed by atoms with van der Waals surface area (Å²) < 4.78 is 5.37. The first-order chi connectivity index (χ1) is 17.9. The minimum Gasteiger partial charge on any atom is -0.497 e. The average molecular weight is 516 g/mol. The number of carbonyl (C=O) groups excluding carboxylic acids is 1. The zero-order valence-electron chi connectivity index (χ0n) is 20.8. The van der Waals surface area contributed by atoms with E-state index in [0.29, 0.717) is 12.1 Å². The Bertz CT molecular complexity index is 1340. The molecule has 4 rings (SSSR count). The summed E-state index contributed by atoms with van der Waals surface area (Å²) in [4.78, 5) is 31.8. The van der Waals surface area contributed by atoms with Crippen LogP contribution in [0.1, 0.15) is 21.5 Å². The van der Waals surface area contributed by atoms with Crippen molar-refractivity contribution in [1.82, 2.24) is 9.88 Å². The molecular weight excluding hydrogens is 486 g/mol. The lowest BCUT2D eigenvalue weighted by atomic mass is 10.1. The summed E-state index contributed by atoms with van der Waals surface area (Å²) in [6.45, 7) is 1.06. The second-order valence-corrected chi connectivity index (χ2v) is 9.49. The molecule has 0 saturated heterocycles. The molecule has 0 spiro atoms. The number of benzene rings is 3. The first-order valence-electron chi connectivity index (χ1n) is 11.9. The van der Waals surface area contributed by atoms with Crippen LogP contribution in [-0.2, 0) is 17.8 Å². The molecule has 4 aromatic rings. The van der Waals surface area contributed by atoms with E-state index in [4.69, 9.17) is 14.8 Å². The molecule has 0 aliphatic carbocycles. The number of aromatic nitrogens is 1. The molecule has 3 aromatic carbocycles. The number of ether oxygens (including phenoxy) is 1. The van der Waals surface area contributed by atoms with Gasteiger partial charge in [-0.1, -0.05) is 54.6 Å². The van der Waals surface area contributed by atoms with Crippen LogP contribution in [0.15, 0.2) is 84.2 Å². The van der Waals surface area contributed by atoms with Gasteiger partial charge in [-0.2, -0.15) is 0 Å². The first kappa shape index (κ1) is 25.9. The molecule has 0 aliphatic heterocycles. The predicted molar refractivity (Wildman–Crippen MR) is 146 cm³/mol. The summed E-state index contributed by atoms with van der Waals surface area (Å²) in [6.07, 6.45) is 0.867. The molecule has 37 heavy (non-hydrogen) atoms. The van der Waals surface area contributed by atoms with Gasteiger partial charge < -0.3 is 19.6 Å². The number of nitrogens with zero attached hydrogens (tertiary/aromatic N) is 3. The van der Waals surface area contributed by atoms with E-state index >= 15 is 0 Å². The maximum atomic E-state index is 12.5. The lowest BCUT2D eigenvalue weighted by molar-refractivity contribution is -0.137. The highest BCUT2D eigenvalue weighted by atomic mass is 32.1. The largest absolute Gasteiger partial charge is 0.497 e. The van der Waals surface area contributed by atoms with Crippen LogP contribution in [0.3, 0.4) is 0 Å². The van der Waals surface area contributed by atoms with Gasteiger partial charge in [0.25, 0.3) is 5.91 Å². The van der Waals surface area contributed by atoms with E-state index in [2.05, 4.69) is 22.4 Å². The van der Waals surface area contributed by atoms with Gasteiger partial charge >= 0.3 is 5.97 Å². The topological polar surface area (TPSA) is 83.0 Å². The summed E-state index contributed by atoms with van der Waals surface area (Å²) >= 11 is 1.60. The standard InChI is InChI=1S/C29H29N3O4S/c1-31(19-27(33)34)28(35)23-13-11-22(12-14-23)18-32(16-15-21-7-4-3-5-8-21)29-30-26(20-37-29)24-9-6-10-25(17-24)36-2/h3-14,17,20H,15-16,18-19H2,1-2H3,(H,33,34). The van der Waals surface area contributed by atoms with Crippen molar-refractivity contribution in [3.8, 4) is 17.0 Å². The lowest BCUT2D eigenvalue weighted by Gasteiger charge is -2.22. The number of anilines is 1. The van der Waals surface area contributed by atoms with Crippen molar-refractivity contribution in [2.45, 2.75) is 13.0 Å². The van der Waals surface area contributed by atoms with Crippen LogP contribution in [0.4, 0.5) is 5.13 Å². The van der Waals surface area contributed by atoms with Crippen LogP contribution in [-0.4, -0.2) is 54.1 Å². The van der Waals surface area contributed by atoms with Crippen molar-refractivity contribution < 1.29 is 19.4 Å². The Hall–Kier alpha value is -4.17. The zero-order chi connectivity index (χ0) is 26.2. The van der Waals surface area contributed by atoms with E-state index < -0.39 is 5.97 Å². The summed E-state index contributed by atoms with van der Waals surface area (Å²) in [6, 6.07) is 25.5. The molecule has 190 valence electrons. The molecule has 0 aliphatic rings. The van der Waals surface area contributed by atoms with Gasteiger partial charge in [-0.25, -0.2) is 4.98 Å². The Morgan fingerprint density at radius 3 is 2.43 bits per heavy atom. The maximum absolute atomic E-state index is 12.5. The van der Waals surface area contributed by atoms with Gasteiger partial charge in [-0.05, 0) is 41.8 Å². The maximum Gasteiger partial charge on any atom is 0.323 e. The van der Waals surface area contributed by atoms with Gasteiger partial charge in [0.05, 0.1) is 12.8 Å². The SMILES string of the molecule is COc1cccc(-c2csc(N(CCc3ccccc3)Cc3ccc(C(=O)N(C)CC(=O)O)cc3)n2)c1. The number of carboxylic acids is 1. The van der Waals surface area contributed by atoms with Gasteiger partial charge in [-0.3, -0.25) is 9.59 Å². The highest BCUT2D eigenvalue weighted by Gasteiger charge is 2.16. The van der Waals surface area contributed by atoms with Crippen LogP contribution >= 0.6 is 11.3 Å². The molecule has 7 nitrogen and oxygen atoms in total. The molecule has 0 atom stereocenters. The van der Waals surface area contributed by atoms with Gasteiger partial charge in [-0.15, -0.1) is 11.3 Å². The fourth-order valence-corrected chi connectivity index (χ4v) is 4.81. The second kappa shape index (κ2) is 12.2. The normalized spacial score (nSPS) is 10.6. The summed E-state index contributed by atoms with van der Waals surface area (Å²) in [7, 11) is 3.14. The zero-order valence-corrected chi connectivity index (χ0v) is 21.6. The Labute approximate surface area is 220 Å². The number of likely N-dealkylation sites (N-methyl/N-ethyl adjacent to an activating group) is 1. The molecular formula is C29H29N3O4S. The van der Waals surface area contributed by atoms with Crippen LogP contribution in [0, 0.1) is 0 Å². The minimum atomic E-state index is -1.04. The molecule has 1 heterocycles. The van der Waals surface area contributed by atoms with E-state index in [1.165, 1.54) is 17.5 Å². The van der Waals surface area contributed by atoms with E-state index in [9.17, 15) is 9.59 Å². The smallest absolute Gasteiger partial charge is 0.323 e. The molecule has 1 N–H and O–H groups in total. The molecule has 0 saturated carbocycles. The number of thiazole rings is 1. The summed E-state index contributed by atoms with van der Waals surface area (Å²) in [5.41, 5.74) is 4.63. The Morgan fingerprint density at radius 2 is 1.73 bits per heavy atom. The number of amides is 1. The van der Waals surface area contributed by atoms with Crippen molar-refractivity contribution in [2.24, 2.45) is 0 Å². The Morgan fingerprint density at radius 1 is 0.973 bits per heavy atom. The van der Waals surface area contributed by atoms with E-state index in [1.807, 2.05) is 54.6 Å². The van der Waals surface area contributed by atoms with Crippen LogP contribution in [0.25, 0.3) is 11.3 Å². The van der Waals surface area contributed by atoms with Gasteiger partial charge in [0, 0.05) is 36.6 Å². The fraction of sp³-hybridized carbons (Fsp3) is 0.207. The second-order valence-electron chi connectivity index (χ2n) is 8.66. The van der Waals surface area contributed by atoms with Crippen molar-refractivity contribution in [1.29, 1.82) is 0 Å². The highest BCUT2D eigenvalue weighted by Crippen LogP contribution is 2.30.